The highest BCUT2D eigenvalue weighted by molar-refractivity contribution is 5.82. The lowest BCUT2D eigenvalue weighted by Gasteiger charge is -2.49. The van der Waals surface area contributed by atoms with Crippen LogP contribution in [-0.2, 0) is 17.5 Å². The zero-order valence-corrected chi connectivity index (χ0v) is 15.8. The minimum Gasteiger partial charge on any atom is -0.347 e. The highest BCUT2D eigenvalue weighted by atomic mass is 19.4. The van der Waals surface area contributed by atoms with Crippen molar-refractivity contribution in [1.29, 1.82) is 0 Å². The second-order valence-electron chi connectivity index (χ2n) is 8.25. The average molecular weight is 399 g/mol. The Labute approximate surface area is 160 Å². The van der Waals surface area contributed by atoms with E-state index >= 15 is 0 Å². The number of urea groups is 1. The van der Waals surface area contributed by atoms with Gasteiger partial charge in [-0.15, -0.1) is 0 Å². The molecule has 3 aliphatic heterocycles. The molecule has 0 aromatic carbocycles. The third-order valence-corrected chi connectivity index (χ3v) is 6.08. The van der Waals surface area contributed by atoms with Crippen LogP contribution in [0.1, 0.15) is 37.1 Å². The highest BCUT2D eigenvalue weighted by Gasteiger charge is 2.50. The Morgan fingerprint density at radius 2 is 1.96 bits per heavy atom. The second kappa shape index (κ2) is 6.66. The van der Waals surface area contributed by atoms with Gasteiger partial charge in [-0.05, 0) is 38.2 Å². The summed E-state index contributed by atoms with van der Waals surface area (Å²) < 4.78 is 39.8. The van der Waals surface area contributed by atoms with Gasteiger partial charge >= 0.3 is 12.2 Å². The summed E-state index contributed by atoms with van der Waals surface area (Å²) in [5.74, 6) is 0.246. The van der Waals surface area contributed by atoms with Crippen molar-refractivity contribution >= 4 is 11.9 Å². The molecule has 154 valence electrons. The lowest BCUT2D eigenvalue weighted by molar-refractivity contribution is -0.141. The molecule has 3 amide bonds. The van der Waals surface area contributed by atoms with E-state index in [1.807, 2.05) is 0 Å². The topological polar surface area (TPSA) is 70.5 Å². The van der Waals surface area contributed by atoms with E-state index in [9.17, 15) is 22.8 Å². The minimum atomic E-state index is -4.43. The Balaban J connectivity index is 1.27. The molecule has 0 atom stereocenters. The van der Waals surface area contributed by atoms with Gasteiger partial charge in [0.2, 0.25) is 5.91 Å². The molecule has 1 aromatic heterocycles. The lowest BCUT2D eigenvalue weighted by Crippen LogP contribution is -2.70. The zero-order chi connectivity index (χ0) is 20.1. The Bertz CT molecular complexity index is 777. The number of nitrogens with one attached hydrogen (secondary N) is 1. The maximum absolute atomic E-state index is 12.8. The Kier molecular flexibility index (Phi) is 4.54. The third-order valence-electron chi connectivity index (χ3n) is 6.08. The number of aromatic nitrogens is 2. The van der Waals surface area contributed by atoms with Crippen molar-refractivity contribution in [2.75, 3.05) is 26.2 Å². The van der Waals surface area contributed by atoms with Crippen molar-refractivity contribution in [3.8, 4) is 0 Å². The molecule has 4 rings (SSSR count). The third kappa shape index (κ3) is 3.56. The summed E-state index contributed by atoms with van der Waals surface area (Å²) in [6.07, 6.45) is -1.65. The molecule has 7 nitrogen and oxygen atoms in total. The number of carbonyl (C=O) groups excluding carboxylic acids is 2. The molecule has 0 unspecified atom stereocenters. The van der Waals surface area contributed by atoms with Crippen molar-refractivity contribution < 1.29 is 22.8 Å². The van der Waals surface area contributed by atoms with Gasteiger partial charge in [-0.2, -0.15) is 18.3 Å². The van der Waals surface area contributed by atoms with Crippen LogP contribution < -0.4 is 5.32 Å². The van der Waals surface area contributed by atoms with Crippen LogP contribution >= 0.6 is 0 Å². The number of likely N-dealkylation sites (tertiary alicyclic amines) is 2. The number of halogens is 3. The van der Waals surface area contributed by atoms with Gasteiger partial charge in [0.1, 0.15) is 0 Å². The van der Waals surface area contributed by atoms with E-state index in [1.165, 1.54) is 4.68 Å². The highest BCUT2D eigenvalue weighted by Crippen LogP contribution is 2.32. The summed E-state index contributed by atoms with van der Waals surface area (Å²) in [5, 5.41) is 6.66. The summed E-state index contributed by atoms with van der Waals surface area (Å²) in [4.78, 5) is 27.6. The first-order valence-electron chi connectivity index (χ1n) is 9.62. The van der Waals surface area contributed by atoms with Crippen molar-refractivity contribution in [2.24, 2.45) is 5.92 Å². The number of hydrogen-bond donors (Lipinski definition) is 1. The number of amides is 3. The Morgan fingerprint density at radius 1 is 1.29 bits per heavy atom. The standard InChI is InChI=1S/C18H24F3N5O2/c1-12-8-14(18(19,20)21)23-26(12)9-13-3-6-24(7-4-13)16(28)25-10-17(11-25)5-2-15(27)22-17/h8,13H,2-7,9-11H2,1H3,(H,22,27). The van der Waals surface area contributed by atoms with Gasteiger partial charge in [0.25, 0.3) is 0 Å². The molecule has 0 aliphatic carbocycles. The fraction of sp³-hybridized carbons (Fsp3) is 0.722. The van der Waals surface area contributed by atoms with Crippen LogP contribution in [0.4, 0.5) is 18.0 Å². The quantitative estimate of drug-likeness (QED) is 0.827. The predicted octanol–water partition coefficient (Wildman–Crippen LogP) is 2.01. The summed E-state index contributed by atoms with van der Waals surface area (Å²) in [7, 11) is 0. The second-order valence-corrected chi connectivity index (χ2v) is 8.25. The summed E-state index contributed by atoms with van der Waals surface area (Å²) >= 11 is 0. The molecule has 3 aliphatic rings. The van der Waals surface area contributed by atoms with Gasteiger partial charge < -0.3 is 15.1 Å². The maximum atomic E-state index is 12.8. The minimum absolute atomic E-state index is 0.0140. The molecule has 1 N–H and O–H groups in total. The number of hydrogen-bond acceptors (Lipinski definition) is 3. The Hall–Kier alpha value is -2.26. The zero-order valence-electron chi connectivity index (χ0n) is 15.8. The van der Waals surface area contributed by atoms with Crippen LogP contribution in [0.5, 0.6) is 0 Å². The molecule has 28 heavy (non-hydrogen) atoms. The van der Waals surface area contributed by atoms with Gasteiger partial charge in [0.05, 0.1) is 5.54 Å². The molecule has 3 fully saturated rings. The fourth-order valence-corrected chi connectivity index (χ4v) is 4.42. The largest absolute Gasteiger partial charge is 0.435 e. The number of piperidine rings is 1. The maximum Gasteiger partial charge on any atom is 0.435 e. The van der Waals surface area contributed by atoms with Gasteiger partial charge in [0.15, 0.2) is 5.69 Å². The number of alkyl halides is 3. The van der Waals surface area contributed by atoms with Crippen molar-refractivity contribution in [1.82, 2.24) is 24.9 Å². The van der Waals surface area contributed by atoms with E-state index < -0.39 is 11.9 Å². The summed E-state index contributed by atoms with van der Waals surface area (Å²) in [5.41, 5.74) is -0.586. The molecule has 4 heterocycles. The number of nitrogens with zero attached hydrogens (tertiary/aromatic N) is 4. The van der Waals surface area contributed by atoms with Crippen molar-refractivity contribution in [3.63, 3.8) is 0 Å². The first-order valence-corrected chi connectivity index (χ1v) is 9.62. The molecule has 0 radical (unpaired) electrons. The molecular formula is C18H24F3N5O2. The molecule has 1 spiro atoms. The monoisotopic (exact) mass is 399 g/mol. The number of rotatable bonds is 2. The van der Waals surface area contributed by atoms with Crippen LogP contribution in [0, 0.1) is 12.8 Å². The van der Waals surface area contributed by atoms with Gasteiger partial charge in [0, 0.05) is 44.8 Å². The van der Waals surface area contributed by atoms with E-state index in [4.69, 9.17) is 0 Å². The van der Waals surface area contributed by atoms with Crippen molar-refractivity contribution in [2.45, 2.75) is 50.9 Å². The van der Waals surface area contributed by atoms with E-state index in [-0.39, 0.29) is 23.4 Å². The molecular weight excluding hydrogens is 375 g/mol. The molecule has 3 saturated heterocycles. The van der Waals surface area contributed by atoms with Crippen LogP contribution in [0.2, 0.25) is 0 Å². The predicted molar refractivity (Wildman–Crippen MR) is 93.3 cm³/mol. The molecule has 10 heteroatoms. The van der Waals surface area contributed by atoms with Crippen LogP contribution in [0.15, 0.2) is 6.07 Å². The van der Waals surface area contributed by atoms with E-state index in [0.717, 1.165) is 25.3 Å². The van der Waals surface area contributed by atoms with Crippen LogP contribution in [0.25, 0.3) is 0 Å². The van der Waals surface area contributed by atoms with Gasteiger partial charge in [-0.25, -0.2) is 4.79 Å². The van der Waals surface area contributed by atoms with Gasteiger partial charge in [-0.1, -0.05) is 0 Å². The fourth-order valence-electron chi connectivity index (χ4n) is 4.42. The van der Waals surface area contributed by atoms with Crippen LogP contribution in [0.3, 0.4) is 0 Å². The lowest BCUT2D eigenvalue weighted by atomic mass is 9.88. The first-order chi connectivity index (χ1) is 13.2. The van der Waals surface area contributed by atoms with E-state index in [2.05, 4.69) is 10.4 Å². The summed E-state index contributed by atoms with van der Waals surface area (Å²) in [6, 6.07) is 1.06. The van der Waals surface area contributed by atoms with Crippen molar-refractivity contribution in [3.05, 3.63) is 17.5 Å². The number of aryl methyl sites for hydroxylation is 1. The smallest absolute Gasteiger partial charge is 0.347 e. The van der Waals surface area contributed by atoms with Crippen LogP contribution in [-0.4, -0.2) is 63.2 Å². The molecule has 0 saturated carbocycles. The average Bonchev–Trinajstić information content (AvgIpc) is 3.17. The molecule has 1 aromatic rings. The summed E-state index contributed by atoms with van der Waals surface area (Å²) in [6.45, 7) is 4.36. The Morgan fingerprint density at radius 3 is 2.50 bits per heavy atom. The number of carbonyl (C=O) groups is 2. The molecule has 0 bridgehead atoms. The SMILES string of the molecule is Cc1cc(C(F)(F)F)nn1CC1CCN(C(=O)N2CC3(CCC(=O)N3)C2)CC1. The van der Waals surface area contributed by atoms with Gasteiger partial charge in [-0.3, -0.25) is 9.48 Å². The first kappa shape index (κ1) is 19.1. The van der Waals surface area contributed by atoms with E-state index in [1.54, 1.807) is 16.7 Å². The normalized spacial score (nSPS) is 22.5. The van der Waals surface area contributed by atoms with E-state index in [0.29, 0.717) is 44.8 Å².